The summed E-state index contributed by atoms with van der Waals surface area (Å²) in [6.07, 6.45) is 15.6. The van der Waals surface area contributed by atoms with Gasteiger partial charge < -0.3 is 4.74 Å². The minimum absolute atomic E-state index is 0.261. The standard InChI is InChI=1S/C26H35F2NO2/c1-2-3-4-18-5-7-19(8-6-18)9-10-20-11-13-21(14-12-20)26(30)31-23-16-15-22(17-29)24(27)25(23)28/h15-16,18-21H,2-14H2,1H3/t18-,19-,20-,21-. The summed E-state index contributed by atoms with van der Waals surface area (Å²) in [5, 5.41) is 8.75. The smallest absolute Gasteiger partial charge is 0.314 e. The summed E-state index contributed by atoms with van der Waals surface area (Å²) in [7, 11) is 0. The molecule has 0 heterocycles. The Bertz CT molecular complexity index is 772. The molecule has 2 aliphatic rings. The molecule has 170 valence electrons. The van der Waals surface area contributed by atoms with Gasteiger partial charge in [-0.2, -0.15) is 9.65 Å². The van der Waals surface area contributed by atoms with E-state index in [0.29, 0.717) is 5.92 Å². The van der Waals surface area contributed by atoms with Crippen LogP contribution in [-0.2, 0) is 4.79 Å². The van der Waals surface area contributed by atoms with Gasteiger partial charge in [-0.05, 0) is 55.6 Å². The number of ether oxygens (including phenoxy) is 1. The van der Waals surface area contributed by atoms with Crippen LogP contribution in [0, 0.1) is 46.6 Å². The van der Waals surface area contributed by atoms with Gasteiger partial charge in [-0.1, -0.05) is 64.7 Å². The topological polar surface area (TPSA) is 50.1 Å². The number of unbranched alkanes of at least 4 members (excludes halogenated alkanes) is 1. The van der Waals surface area contributed by atoms with Crippen LogP contribution in [0.25, 0.3) is 0 Å². The fraction of sp³-hybridized carbons (Fsp3) is 0.692. The van der Waals surface area contributed by atoms with Crippen molar-refractivity contribution >= 4 is 5.97 Å². The van der Waals surface area contributed by atoms with Crippen molar-refractivity contribution in [3.8, 4) is 11.8 Å². The monoisotopic (exact) mass is 431 g/mol. The molecule has 2 fully saturated rings. The van der Waals surface area contributed by atoms with Gasteiger partial charge in [0.2, 0.25) is 5.82 Å². The summed E-state index contributed by atoms with van der Waals surface area (Å²) in [5.41, 5.74) is -0.396. The number of hydrogen-bond acceptors (Lipinski definition) is 3. The van der Waals surface area contributed by atoms with Crippen LogP contribution in [-0.4, -0.2) is 5.97 Å². The fourth-order valence-electron chi connectivity index (χ4n) is 5.35. The molecule has 31 heavy (non-hydrogen) atoms. The van der Waals surface area contributed by atoms with E-state index in [-0.39, 0.29) is 5.92 Å². The van der Waals surface area contributed by atoms with Gasteiger partial charge in [-0.15, -0.1) is 0 Å². The van der Waals surface area contributed by atoms with Crippen molar-refractivity contribution in [3.05, 3.63) is 29.3 Å². The number of benzene rings is 1. The van der Waals surface area contributed by atoms with Gasteiger partial charge >= 0.3 is 5.97 Å². The first-order chi connectivity index (χ1) is 15.0. The maximum absolute atomic E-state index is 14.0. The first kappa shape index (κ1) is 23.7. The van der Waals surface area contributed by atoms with E-state index in [1.165, 1.54) is 57.8 Å². The molecular formula is C26H35F2NO2. The van der Waals surface area contributed by atoms with Gasteiger partial charge in [-0.3, -0.25) is 4.79 Å². The predicted molar refractivity (Wildman–Crippen MR) is 116 cm³/mol. The highest BCUT2D eigenvalue weighted by Crippen LogP contribution is 2.38. The molecule has 0 bridgehead atoms. The van der Waals surface area contributed by atoms with Gasteiger partial charge in [0.15, 0.2) is 11.6 Å². The van der Waals surface area contributed by atoms with Crippen LogP contribution in [0.1, 0.15) is 96.0 Å². The zero-order chi connectivity index (χ0) is 22.2. The lowest BCUT2D eigenvalue weighted by atomic mass is 9.75. The van der Waals surface area contributed by atoms with Crippen molar-refractivity contribution in [1.29, 1.82) is 5.26 Å². The second-order valence-corrected chi connectivity index (χ2v) is 9.60. The average Bonchev–Trinajstić information content (AvgIpc) is 2.80. The van der Waals surface area contributed by atoms with E-state index in [4.69, 9.17) is 10.00 Å². The van der Waals surface area contributed by atoms with Crippen LogP contribution in [0.4, 0.5) is 8.78 Å². The third-order valence-corrected chi connectivity index (χ3v) is 7.47. The Morgan fingerprint density at radius 3 is 2.03 bits per heavy atom. The molecule has 0 N–H and O–H groups in total. The van der Waals surface area contributed by atoms with Crippen molar-refractivity contribution in [2.45, 2.75) is 90.4 Å². The minimum Gasteiger partial charge on any atom is -0.423 e. The Morgan fingerprint density at radius 2 is 1.48 bits per heavy atom. The average molecular weight is 432 g/mol. The van der Waals surface area contributed by atoms with E-state index in [2.05, 4.69) is 6.92 Å². The van der Waals surface area contributed by atoms with E-state index < -0.39 is 28.9 Å². The van der Waals surface area contributed by atoms with E-state index in [0.717, 1.165) is 49.7 Å². The zero-order valence-corrected chi connectivity index (χ0v) is 18.7. The number of hydrogen-bond donors (Lipinski definition) is 0. The lowest BCUT2D eigenvalue weighted by molar-refractivity contribution is -0.140. The molecule has 0 unspecified atom stereocenters. The van der Waals surface area contributed by atoms with Crippen LogP contribution >= 0.6 is 0 Å². The quantitative estimate of drug-likeness (QED) is 0.320. The summed E-state index contributed by atoms with van der Waals surface area (Å²) in [6, 6.07) is 3.86. The van der Waals surface area contributed by atoms with Gasteiger partial charge in [0, 0.05) is 0 Å². The lowest BCUT2D eigenvalue weighted by Crippen LogP contribution is -2.26. The molecule has 0 amide bonds. The number of esters is 1. The molecule has 1 aromatic rings. The van der Waals surface area contributed by atoms with Gasteiger partial charge in [-0.25, -0.2) is 4.39 Å². The summed E-state index contributed by atoms with van der Waals surface area (Å²) in [5.74, 6) is -1.25. The highest BCUT2D eigenvalue weighted by atomic mass is 19.2. The van der Waals surface area contributed by atoms with Crippen molar-refractivity contribution in [2.75, 3.05) is 0 Å². The molecular weight excluding hydrogens is 396 g/mol. The number of carbonyl (C=O) groups is 1. The molecule has 0 aromatic heterocycles. The molecule has 5 heteroatoms. The number of halogens is 2. The van der Waals surface area contributed by atoms with Crippen LogP contribution < -0.4 is 4.74 Å². The normalized spacial score (nSPS) is 26.3. The van der Waals surface area contributed by atoms with Gasteiger partial charge in [0.1, 0.15) is 6.07 Å². The molecule has 2 aliphatic carbocycles. The van der Waals surface area contributed by atoms with E-state index in [9.17, 15) is 13.6 Å². The fourth-order valence-corrected chi connectivity index (χ4v) is 5.35. The van der Waals surface area contributed by atoms with Crippen molar-refractivity contribution < 1.29 is 18.3 Å². The van der Waals surface area contributed by atoms with Gasteiger partial charge in [0.05, 0.1) is 11.5 Å². The van der Waals surface area contributed by atoms with Crippen molar-refractivity contribution in [3.63, 3.8) is 0 Å². The summed E-state index contributed by atoms with van der Waals surface area (Å²) in [4.78, 5) is 12.4. The Kier molecular flexibility index (Phi) is 8.87. The highest BCUT2D eigenvalue weighted by molar-refractivity contribution is 5.75. The number of carbonyl (C=O) groups excluding carboxylic acids is 1. The number of nitriles is 1. The van der Waals surface area contributed by atoms with Crippen LogP contribution in [0.5, 0.6) is 5.75 Å². The van der Waals surface area contributed by atoms with Crippen LogP contribution in [0.3, 0.4) is 0 Å². The SMILES string of the molecule is CCCC[C@H]1CC[C@H](CC[C@H]2CC[C@H](C(=O)Oc3ccc(C#N)c(F)c3F)CC2)CC1. The van der Waals surface area contributed by atoms with Crippen molar-refractivity contribution in [2.24, 2.45) is 23.7 Å². The zero-order valence-electron chi connectivity index (χ0n) is 18.7. The maximum atomic E-state index is 14.0. The first-order valence-corrected chi connectivity index (χ1v) is 12.1. The molecule has 2 saturated carbocycles. The molecule has 0 saturated heterocycles. The lowest BCUT2D eigenvalue weighted by Gasteiger charge is -2.31. The van der Waals surface area contributed by atoms with Gasteiger partial charge in [0.25, 0.3) is 0 Å². The van der Waals surface area contributed by atoms with E-state index in [1.807, 2.05) is 0 Å². The Hall–Kier alpha value is -1.96. The molecule has 1 aromatic carbocycles. The minimum atomic E-state index is -1.27. The van der Waals surface area contributed by atoms with Crippen molar-refractivity contribution in [1.82, 2.24) is 0 Å². The maximum Gasteiger partial charge on any atom is 0.314 e. The van der Waals surface area contributed by atoms with E-state index in [1.54, 1.807) is 6.07 Å². The Balaban J connectivity index is 1.38. The van der Waals surface area contributed by atoms with Crippen LogP contribution in [0.2, 0.25) is 0 Å². The Morgan fingerprint density at radius 1 is 0.935 bits per heavy atom. The Labute approximate surface area is 185 Å². The molecule has 0 spiro atoms. The summed E-state index contributed by atoms with van der Waals surface area (Å²) < 4.78 is 32.9. The largest absolute Gasteiger partial charge is 0.423 e. The molecule has 0 radical (unpaired) electrons. The van der Waals surface area contributed by atoms with E-state index >= 15 is 0 Å². The third-order valence-electron chi connectivity index (χ3n) is 7.47. The summed E-state index contributed by atoms with van der Waals surface area (Å²) in [6.45, 7) is 2.27. The molecule has 3 nitrogen and oxygen atoms in total. The second-order valence-electron chi connectivity index (χ2n) is 9.60. The second kappa shape index (κ2) is 11.6. The first-order valence-electron chi connectivity index (χ1n) is 12.1. The number of nitrogens with zero attached hydrogens (tertiary/aromatic N) is 1. The molecule has 0 atom stereocenters. The number of rotatable bonds is 8. The highest BCUT2D eigenvalue weighted by Gasteiger charge is 2.29. The third kappa shape index (κ3) is 6.51. The predicted octanol–water partition coefficient (Wildman–Crippen LogP) is 7.33. The molecule has 0 aliphatic heterocycles. The van der Waals surface area contributed by atoms with Crippen LogP contribution in [0.15, 0.2) is 12.1 Å². The molecule has 3 rings (SSSR count). The summed E-state index contributed by atoms with van der Waals surface area (Å²) >= 11 is 0.